The predicted octanol–water partition coefficient (Wildman–Crippen LogP) is 3.89. The summed E-state index contributed by atoms with van der Waals surface area (Å²) in [5, 5.41) is 3.04. The molecule has 1 amide bonds. The highest BCUT2D eigenvalue weighted by molar-refractivity contribution is 7.98. The van der Waals surface area contributed by atoms with E-state index in [1.807, 2.05) is 37.4 Å². The highest BCUT2D eigenvalue weighted by atomic mass is 32.2. The van der Waals surface area contributed by atoms with Gasteiger partial charge in [0.2, 0.25) is 5.43 Å². The molecule has 1 heterocycles. The Labute approximate surface area is 155 Å². The number of rotatable bonds is 4. The molecule has 3 rings (SSSR count). The fourth-order valence-corrected chi connectivity index (χ4v) is 3.28. The van der Waals surface area contributed by atoms with Crippen molar-refractivity contribution in [1.82, 2.24) is 9.88 Å². The molecule has 0 saturated heterocycles. The Morgan fingerprint density at radius 3 is 2.54 bits per heavy atom. The van der Waals surface area contributed by atoms with E-state index in [0.717, 1.165) is 10.5 Å². The van der Waals surface area contributed by atoms with Crippen LogP contribution in [0.3, 0.4) is 0 Å². The van der Waals surface area contributed by atoms with Crippen molar-refractivity contribution in [3.63, 3.8) is 0 Å². The third-order valence-corrected chi connectivity index (χ3v) is 5.10. The van der Waals surface area contributed by atoms with Crippen LogP contribution in [-0.4, -0.2) is 16.7 Å². The number of carbonyl (C=O) groups excluding carboxylic acids is 1. The first-order valence-corrected chi connectivity index (χ1v) is 9.37. The summed E-state index contributed by atoms with van der Waals surface area (Å²) < 4.78 is 15.2. The summed E-state index contributed by atoms with van der Waals surface area (Å²) in [7, 11) is 1.72. The van der Waals surface area contributed by atoms with Crippen molar-refractivity contribution in [1.29, 1.82) is 0 Å². The van der Waals surface area contributed by atoms with E-state index in [-0.39, 0.29) is 17.0 Å². The zero-order valence-corrected chi connectivity index (χ0v) is 15.6. The second-order valence-electron chi connectivity index (χ2n) is 6.11. The molecule has 1 aromatic heterocycles. The first kappa shape index (κ1) is 18.2. The number of halogens is 1. The van der Waals surface area contributed by atoms with E-state index in [4.69, 9.17) is 0 Å². The Morgan fingerprint density at radius 2 is 1.88 bits per heavy atom. The average molecular weight is 370 g/mol. The van der Waals surface area contributed by atoms with Crippen LogP contribution in [0.5, 0.6) is 0 Å². The van der Waals surface area contributed by atoms with E-state index >= 15 is 0 Å². The van der Waals surface area contributed by atoms with Gasteiger partial charge in [0.1, 0.15) is 11.4 Å². The number of hydrogen-bond acceptors (Lipinski definition) is 3. The van der Waals surface area contributed by atoms with Crippen molar-refractivity contribution in [2.24, 2.45) is 7.05 Å². The number of pyridine rings is 1. The highest BCUT2D eigenvalue weighted by Gasteiger charge is 2.17. The lowest BCUT2D eigenvalue weighted by Gasteiger charge is -2.15. The van der Waals surface area contributed by atoms with Gasteiger partial charge in [0.05, 0.1) is 11.6 Å². The van der Waals surface area contributed by atoms with Crippen LogP contribution in [-0.2, 0) is 7.05 Å². The molecule has 134 valence electrons. The third-order valence-electron chi connectivity index (χ3n) is 4.36. The average Bonchev–Trinajstić information content (AvgIpc) is 2.64. The van der Waals surface area contributed by atoms with Crippen LogP contribution < -0.4 is 10.7 Å². The van der Waals surface area contributed by atoms with Crippen molar-refractivity contribution < 1.29 is 9.18 Å². The van der Waals surface area contributed by atoms with Crippen molar-refractivity contribution >= 4 is 28.6 Å². The maximum atomic E-state index is 13.5. The van der Waals surface area contributed by atoms with E-state index in [0.29, 0.717) is 5.52 Å². The molecular formula is C20H19FN2O2S. The summed E-state index contributed by atoms with van der Waals surface area (Å²) in [4.78, 5) is 26.4. The first-order chi connectivity index (χ1) is 12.4. The third kappa shape index (κ3) is 3.51. The van der Waals surface area contributed by atoms with Gasteiger partial charge in [-0.2, -0.15) is 0 Å². The normalized spacial score (nSPS) is 12.2. The maximum Gasteiger partial charge on any atom is 0.257 e. The molecule has 4 nitrogen and oxygen atoms in total. The number of fused-ring (bicyclic) bond motifs is 1. The molecule has 1 atom stereocenters. The molecule has 3 aromatic rings. The summed E-state index contributed by atoms with van der Waals surface area (Å²) >= 11 is 1.64. The lowest BCUT2D eigenvalue weighted by molar-refractivity contribution is 0.0938. The second-order valence-corrected chi connectivity index (χ2v) is 6.99. The SMILES string of the molecule is CSc1ccc([C@@H](C)NC(=O)c2cn(C)c3ccc(F)cc3c2=O)cc1. The summed E-state index contributed by atoms with van der Waals surface area (Å²) in [5.41, 5.74) is 1.05. The fraction of sp³-hybridized carbons (Fsp3) is 0.200. The monoisotopic (exact) mass is 370 g/mol. The number of aromatic nitrogens is 1. The minimum atomic E-state index is -0.505. The molecule has 0 spiro atoms. The quantitative estimate of drug-likeness (QED) is 0.709. The fourth-order valence-electron chi connectivity index (χ4n) is 2.88. The molecule has 6 heteroatoms. The lowest BCUT2D eigenvalue weighted by Crippen LogP contribution is -2.31. The molecule has 0 unspecified atom stereocenters. The van der Waals surface area contributed by atoms with E-state index in [2.05, 4.69) is 5.32 Å². The van der Waals surface area contributed by atoms with Crippen LogP contribution in [0.25, 0.3) is 10.9 Å². The van der Waals surface area contributed by atoms with Gasteiger partial charge >= 0.3 is 0 Å². The Morgan fingerprint density at radius 1 is 1.19 bits per heavy atom. The molecule has 26 heavy (non-hydrogen) atoms. The van der Waals surface area contributed by atoms with Gasteiger partial charge in [-0.05, 0) is 49.1 Å². The van der Waals surface area contributed by atoms with Crippen molar-refractivity contribution in [2.75, 3.05) is 6.26 Å². The Bertz CT molecular complexity index is 1030. The number of carbonyl (C=O) groups is 1. The number of nitrogens with zero attached hydrogens (tertiary/aromatic N) is 1. The first-order valence-electron chi connectivity index (χ1n) is 8.14. The Hall–Kier alpha value is -2.60. The zero-order valence-electron chi connectivity index (χ0n) is 14.7. The lowest BCUT2D eigenvalue weighted by atomic mass is 10.1. The summed E-state index contributed by atoms with van der Waals surface area (Å²) in [6.45, 7) is 1.86. The molecular weight excluding hydrogens is 351 g/mol. The second kappa shape index (κ2) is 7.33. The molecule has 0 saturated carbocycles. The van der Waals surface area contributed by atoms with E-state index in [1.54, 1.807) is 23.4 Å². The van der Waals surface area contributed by atoms with Gasteiger partial charge in [0.15, 0.2) is 0 Å². The predicted molar refractivity (Wildman–Crippen MR) is 103 cm³/mol. The number of nitrogens with one attached hydrogen (secondary N) is 1. The van der Waals surface area contributed by atoms with Gasteiger partial charge in [0, 0.05) is 23.5 Å². The Kier molecular flexibility index (Phi) is 5.13. The van der Waals surface area contributed by atoms with Gasteiger partial charge in [-0.25, -0.2) is 4.39 Å². The van der Waals surface area contributed by atoms with Crippen molar-refractivity contribution in [3.8, 4) is 0 Å². The van der Waals surface area contributed by atoms with Gasteiger partial charge in [-0.15, -0.1) is 11.8 Å². The van der Waals surface area contributed by atoms with Crippen LogP contribution in [0.4, 0.5) is 4.39 Å². The standard InChI is InChI=1S/C20H19FN2O2S/c1-12(13-4-7-15(26-3)8-5-13)22-20(25)17-11-23(2)18-9-6-14(21)10-16(18)19(17)24/h4-12H,1-3H3,(H,22,25)/t12-/m1/s1. The van der Waals surface area contributed by atoms with E-state index in [9.17, 15) is 14.0 Å². The number of benzene rings is 2. The van der Waals surface area contributed by atoms with E-state index < -0.39 is 17.2 Å². The molecule has 1 N–H and O–H groups in total. The molecule has 0 aliphatic rings. The molecule has 0 bridgehead atoms. The highest BCUT2D eigenvalue weighted by Crippen LogP contribution is 2.19. The summed E-state index contributed by atoms with van der Waals surface area (Å²) in [6.07, 6.45) is 3.49. The number of amides is 1. The van der Waals surface area contributed by atoms with Crippen LogP contribution >= 0.6 is 11.8 Å². The van der Waals surface area contributed by atoms with Gasteiger partial charge in [-0.3, -0.25) is 9.59 Å². The largest absolute Gasteiger partial charge is 0.350 e. The molecule has 0 fully saturated rings. The molecule has 2 aromatic carbocycles. The number of aryl methyl sites for hydroxylation is 1. The smallest absolute Gasteiger partial charge is 0.257 e. The maximum absolute atomic E-state index is 13.5. The van der Waals surface area contributed by atoms with Crippen LogP contribution in [0.15, 0.2) is 58.4 Å². The van der Waals surface area contributed by atoms with E-state index in [1.165, 1.54) is 24.4 Å². The minimum absolute atomic E-state index is 0.00168. The number of thioether (sulfide) groups is 1. The van der Waals surface area contributed by atoms with Crippen LogP contribution in [0.1, 0.15) is 28.9 Å². The number of hydrogen-bond donors (Lipinski definition) is 1. The molecule has 0 radical (unpaired) electrons. The van der Waals surface area contributed by atoms with Crippen LogP contribution in [0.2, 0.25) is 0 Å². The summed E-state index contributed by atoms with van der Waals surface area (Å²) in [6, 6.07) is 11.6. The summed E-state index contributed by atoms with van der Waals surface area (Å²) in [5.74, 6) is -0.979. The van der Waals surface area contributed by atoms with Crippen molar-refractivity contribution in [3.05, 3.63) is 75.8 Å². The van der Waals surface area contributed by atoms with Gasteiger partial charge < -0.3 is 9.88 Å². The van der Waals surface area contributed by atoms with Gasteiger partial charge in [-0.1, -0.05) is 12.1 Å². The molecule has 0 aliphatic heterocycles. The molecule has 0 aliphatic carbocycles. The van der Waals surface area contributed by atoms with Crippen molar-refractivity contribution in [2.45, 2.75) is 17.9 Å². The van der Waals surface area contributed by atoms with Crippen LogP contribution in [0, 0.1) is 5.82 Å². The Balaban J connectivity index is 1.92. The zero-order chi connectivity index (χ0) is 18.8. The van der Waals surface area contributed by atoms with Gasteiger partial charge in [0.25, 0.3) is 5.91 Å². The topological polar surface area (TPSA) is 51.1 Å². The minimum Gasteiger partial charge on any atom is -0.350 e.